The summed E-state index contributed by atoms with van der Waals surface area (Å²) < 4.78 is 5.66. The maximum absolute atomic E-state index is 13.2. The van der Waals surface area contributed by atoms with Crippen LogP contribution in [-0.2, 0) is 20.8 Å². The molecule has 4 aromatic rings. The maximum Gasteiger partial charge on any atom is 0.266 e. The van der Waals surface area contributed by atoms with Crippen molar-refractivity contribution in [3.05, 3.63) is 95.2 Å². The summed E-state index contributed by atoms with van der Waals surface area (Å²) in [6.07, 6.45) is 12.5. The van der Waals surface area contributed by atoms with E-state index in [0.717, 1.165) is 72.1 Å². The average Bonchev–Trinajstić information content (AvgIpc) is 3.46. The number of nitrogens with one attached hydrogen (secondary N) is 4. The minimum atomic E-state index is -1.08. The van der Waals surface area contributed by atoms with E-state index < -0.39 is 29.7 Å². The molecular formula is C45H52N6O7. The second kappa shape index (κ2) is 19.8. The van der Waals surface area contributed by atoms with Gasteiger partial charge in [0.05, 0.1) is 27.9 Å². The number of piperidine rings is 1. The van der Waals surface area contributed by atoms with Crippen LogP contribution in [0.1, 0.15) is 121 Å². The van der Waals surface area contributed by atoms with Crippen molar-refractivity contribution in [2.45, 2.75) is 103 Å². The Morgan fingerprint density at radius 3 is 2.31 bits per heavy atom. The fourth-order valence-electron chi connectivity index (χ4n) is 7.43. The molecule has 0 radical (unpaired) electrons. The van der Waals surface area contributed by atoms with Gasteiger partial charge in [-0.1, -0.05) is 75.3 Å². The molecule has 1 atom stereocenters. The van der Waals surface area contributed by atoms with Crippen LogP contribution in [0.15, 0.2) is 72.9 Å². The number of imide groups is 2. The number of hydrogen-bond acceptors (Lipinski definition) is 9. The van der Waals surface area contributed by atoms with Crippen molar-refractivity contribution >= 4 is 57.7 Å². The molecule has 13 heteroatoms. The van der Waals surface area contributed by atoms with E-state index in [2.05, 4.69) is 38.4 Å². The quantitative estimate of drug-likeness (QED) is 0.0557. The summed E-state index contributed by atoms with van der Waals surface area (Å²) in [6.45, 7) is 4.08. The number of carbonyl (C=O) groups excluding carboxylic acids is 6. The van der Waals surface area contributed by atoms with Gasteiger partial charge in [0.25, 0.3) is 23.6 Å². The van der Waals surface area contributed by atoms with Crippen LogP contribution in [0.25, 0.3) is 10.9 Å². The smallest absolute Gasteiger partial charge is 0.266 e. The predicted molar refractivity (Wildman–Crippen MR) is 221 cm³/mol. The number of benzene rings is 3. The molecule has 0 spiro atoms. The third kappa shape index (κ3) is 10.4. The van der Waals surface area contributed by atoms with Gasteiger partial charge in [-0.15, -0.1) is 0 Å². The first kappa shape index (κ1) is 41.5. The van der Waals surface area contributed by atoms with Crippen molar-refractivity contribution in [2.75, 3.05) is 18.5 Å². The van der Waals surface area contributed by atoms with Crippen LogP contribution in [0.5, 0.6) is 5.75 Å². The third-order valence-electron chi connectivity index (χ3n) is 10.4. The maximum atomic E-state index is 13.2. The first-order valence-electron chi connectivity index (χ1n) is 20.4. The number of ether oxygens (including phenoxy) is 1. The molecule has 0 saturated carbocycles. The number of amides is 6. The van der Waals surface area contributed by atoms with E-state index >= 15 is 0 Å². The first-order chi connectivity index (χ1) is 28.1. The molecule has 58 heavy (non-hydrogen) atoms. The van der Waals surface area contributed by atoms with Gasteiger partial charge in [0.2, 0.25) is 11.8 Å². The van der Waals surface area contributed by atoms with Crippen molar-refractivity contribution < 1.29 is 33.5 Å². The summed E-state index contributed by atoms with van der Waals surface area (Å²) in [5.74, 6) is -2.83. The van der Waals surface area contributed by atoms with E-state index in [1.807, 2.05) is 50.2 Å². The minimum absolute atomic E-state index is 0.00675. The molecule has 3 aromatic carbocycles. The Labute approximate surface area is 338 Å². The summed E-state index contributed by atoms with van der Waals surface area (Å²) in [6, 6.07) is 19.7. The topological polar surface area (TPSA) is 176 Å². The lowest BCUT2D eigenvalue weighted by Gasteiger charge is -2.27. The van der Waals surface area contributed by atoms with E-state index in [1.165, 1.54) is 37.0 Å². The molecule has 1 saturated heterocycles. The minimum Gasteiger partial charge on any atom is -0.483 e. The highest BCUT2D eigenvalue weighted by atomic mass is 16.5. The van der Waals surface area contributed by atoms with E-state index in [4.69, 9.17) is 4.74 Å². The third-order valence-corrected chi connectivity index (χ3v) is 10.4. The molecule has 3 heterocycles. The van der Waals surface area contributed by atoms with Crippen LogP contribution in [0, 0.1) is 0 Å². The van der Waals surface area contributed by atoms with Gasteiger partial charge in [-0.25, -0.2) is 0 Å². The van der Waals surface area contributed by atoms with Gasteiger partial charge in [-0.3, -0.25) is 44.0 Å². The Balaban J connectivity index is 0.856. The molecule has 0 bridgehead atoms. The van der Waals surface area contributed by atoms with Gasteiger partial charge in [-0.05, 0) is 81.5 Å². The Kier molecular flexibility index (Phi) is 14.2. The van der Waals surface area contributed by atoms with Crippen LogP contribution >= 0.6 is 0 Å². The van der Waals surface area contributed by atoms with Gasteiger partial charge in [0.15, 0.2) is 6.61 Å². The number of hydrogen-bond donors (Lipinski definition) is 4. The number of rotatable bonds is 20. The van der Waals surface area contributed by atoms with Gasteiger partial charge in [0, 0.05) is 36.3 Å². The number of pyridine rings is 1. The van der Waals surface area contributed by atoms with Gasteiger partial charge in [0.1, 0.15) is 11.8 Å². The summed E-state index contributed by atoms with van der Waals surface area (Å²) in [5, 5.41) is 12.4. The van der Waals surface area contributed by atoms with Crippen LogP contribution < -0.4 is 26.0 Å². The van der Waals surface area contributed by atoms with Gasteiger partial charge < -0.3 is 20.7 Å². The number of aromatic nitrogens is 1. The Bertz CT molecular complexity index is 2150. The molecule has 1 fully saturated rings. The molecule has 2 aliphatic heterocycles. The molecule has 0 aliphatic carbocycles. The highest BCUT2D eigenvalue weighted by molar-refractivity contribution is 6.24. The predicted octanol–water partition coefficient (Wildman–Crippen LogP) is 6.77. The molecule has 2 aliphatic rings. The van der Waals surface area contributed by atoms with E-state index in [0.29, 0.717) is 12.1 Å². The lowest BCUT2D eigenvalue weighted by Crippen LogP contribution is -2.54. The molecule has 1 aromatic heterocycles. The summed E-state index contributed by atoms with van der Waals surface area (Å²) in [4.78, 5) is 81.3. The monoisotopic (exact) mass is 788 g/mol. The molecule has 6 rings (SSSR count). The molecule has 6 amide bonds. The van der Waals surface area contributed by atoms with Crippen molar-refractivity contribution in [1.82, 2.24) is 25.8 Å². The SMILES string of the molecule is CC(C)NC(=O)c1cnc2ccc(CCCCCCCCCCCNC(=O)COc3cccc4c3C(=O)N(C3CCC(=O)NC3=O)C4=O)cc2c1Nc1ccccc1. The van der Waals surface area contributed by atoms with Crippen molar-refractivity contribution in [2.24, 2.45) is 0 Å². The highest BCUT2D eigenvalue weighted by Crippen LogP contribution is 2.34. The zero-order valence-electron chi connectivity index (χ0n) is 33.2. The largest absolute Gasteiger partial charge is 0.483 e. The van der Waals surface area contributed by atoms with E-state index in [9.17, 15) is 28.8 Å². The Hall–Kier alpha value is -6.11. The number of carbonyl (C=O) groups is 6. The molecule has 1 unspecified atom stereocenters. The fourth-order valence-corrected chi connectivity index (χ4v) is 7.43. The van der Waals surface area contributed by atoms with Crippen molar-refractivity contribution in [1.29, 1.82) is 0 Å². The number of nitrogens with zero attached hydrogens (tertiary/aromatic N) is 2. The van der Waals surface area contributed by atoms with E-state index in [-0.39, 0.29) is 54.2 Å². The molecule has 13 nitrogen and oxygen atoms in total. The number of aryl methyl sites for hydroxylation is 1. The molecule has 4 N–H and O–H groups in total. The van der Waals surface area contributed by atoms with Crippen molar-refractivity contribution in [3.8, 4) is 5.75 Å². The van der Waals surface area contributed by atoms with Gasteiger partial charge >= 0.3 is 0 Å². The standard InChI is InChI=1S/C45H52N6O7/c1-29(2)48-42(54)34-27-47-35-22-21-30(26-33(35)41(34)49-31-17-12-10-13-18-31)16-11-8-6-4-3-5-7-9-14-25-46-39(53)28-58-37-20-15-19-32-40(37)45(57)51(44(32)56)36-23-24-38(52)50-43(36)55/h10,12-13,15,17-22,26-27,29,36H,3-9,11,14,16,23-25,28H2,1-2H3,(H,46,53)(H,47,49)(H,48,54)(H,50,52,55). The van der Waals surface area contributed by atoms with Crippen LogP contribution in [0.2, 0.25) is 0 Å². The Morgan fingerprint density at radius 2 is 1.59 bits per heavy atom. The fraction of sp³-hybridized carbons (Fsp3) is 0.400. The van der Waals surface area contributed by atoms with Gasteiger partial charge in [-0.2, -0.15) is 0 Å². The van der Waals surface area contributed by atoms with Crippen LogP contribution in [-0.4, -0.2) is 70.6 Å². The first-order valence-corrected chi connectivity index (χ1v) is 20.4. The second-order valence-electron chi connectivity index (χ2n) is 15.2. The average molecular weight is 789 g/mol. The molecular weight excluding hydrogens is 737 g/mol. The Morgan fingerprint density at radius 1 is 0.862 bits per heavy atom. The van der Waals surface area contributed by atoms with Crippen molar-refractivity contribution in [3.63, 3.8) is 0 Å². The number of para-hydroxylation sites is 1. The number of anilines is 2. The normalized spacial score (nSPS) is 15.1. The number of unbranched alkanes of at least 4 members (excludes halogenated alkanes) is 8. The lowest BCUT2D eigenvalue weighted by molar-refractivity contribution is -0.136. The summed E-state index contributed by atoms with van der Waals surface area (Å²) >= 11 is 0. The van der Waals surface area contributed by atoms with E-state index in [1.54, 1.807) is 12.3 Å². The zero-order valence-corrected chi connectivity index (χ0v) is 33.2. The highest BCUT2D eigenvalue weighted by Gasteiger charge is 2.46. The van der Waals surface area contributed by atoms with Crippen LogP contribution in [0.4, 0.5) is 11.4 Å². The summed E-state index contributed by atoms with van der Waals surface area (Å²) in [5.41, 5.74) is 4.37. The molecule has 304 valence electrons. The zero-order chi connectivity index (χ0) is 41.0. The number of fused-ring (bicyclic) bond motifs is 2. The lowest BCUT2D eigenvalue weighted by atomic mass is 10.0. The van der Waals surface area contributed by atoms with Crippen LogP contribution in [0.3, 0.4) is 0 Å². The second-order valence-corrected chi connectivity index (χ2v) is 15.2. The summed E-state index contributed by atoms with van der Waals surface area (Å²) in [7, 11) is 0.